The van der Waals surface area contributed by atoms with Crippen LogP contribution in [0.15, 0.2) is 0 Å². The zero-order valence-corrected chi connectivity index (χ0v) is 13.5. The third kappa shape index (κ3) is 14.1. The number of hydrogen-bond donors (Lipinski definition) is 0. The summed E-state index contributed by atoms with van der Waals surface area (Å²) in [6.07, 6.45) is 13.5. The second kappa shape index (κ2) is 19.3. The summed E-state index contributed by atoms with van der Waals surface area (Å²) in [7, 11) is 0. The molecule has 0 radical (unpaired) electrons. The first-order valence-corrected chi connectivity index (χ1v) is 8.30. The molecule has 0 aromatic heterocycles. The van der Waals surface area contributed by atoms with Crippen molar-refractivity contribution in [2.75, 3.05) is 0 Å². The lowest BCUT2D eigenvalue weighted by molar-refractivity contribution is 0.396. The monoisotopic (exact) mass is 258 g/mol. The van der Waals surface area contributed by atoms with Gasteiger partial charge in [-0.25, -0.2) is 0 Å². The highest BCUT2D eigenvalue weighted by Crippen LogP contribution is 2.30. The van der Waals surface area contributed by atoms with Crippen LogP contribution in [0.3, 0.4) is 0 Å². The minimum Gasteiger partial charge on any atom is -0.0776 e. The molecule has 114 valence electrons. The minimum absolute atomic E-state index is 0. The molecule has 0 heteroatoms. The van der Waals surface area contributed by atoms with E-state index >= 15 is 0 Å². The molecule has 2 aliphatic rings. The van der Waals surface area contributed by atoms with Crippen molar-refractivity contribution in [3.05, 3.63) is 0 Å². The van der Waals surface area contributed by atoms with Crippen LogP contribution in [0.5, 0.6) is 0 Å². The van der Waals surface area contributed by atoms with Crippen molar-refractivity contribution < 1.29 is 0 Å². The summed E-state index contributed by atoms with van der Waals surface area (Å²) in [5.41, 5.74) is 0. The fourth-order valence-corrected chi connectivity index (χ4v) is 2.51. The molecular formula is C18H42. The van der Waals surface area contributed by atoms with Crippen molar-refractivity contribution in [1.29, 1.82) is 0 Å². The standard InChI is InChI=1S/C8H16.C5H10.2C2H6.CH4/c1-7(2)8-5-3-4-6-8;1-2-4-5-3-1;2*1-2;/h7-8H,3-6H2,1-2H3;1-5H2;2*1-2H3;1H4. The van der Waals surface area contributed by atoms with Crippen molar-refractivity contribution in [3.63, 3.8) is 0 Å². The predicted octanol–water partition coefficient (Wildman–Crippen LogP) is 7.47. The van der Waals surface area contributed by atoms with Gasteiger partial charge in [0.05, 0.1) is 0 Å². The summed E-state index contributed by atoms with van der Waals surface area (Å²) in [6.45, 7) is 12.7. The average Bonchev–Trinajstić information content (AvgIpc) is 3.10. The first-order chi connectivity index (χ1) is 8.30. The van der Waals surface area contributed by atoms with E-state index in [4.69, 9.17) is 0 Å². The second-order valence-corrected chi connectivity index (χ2v) is 5.06. The van der Waals surface area contributed by atoms with E-state index in [1.165, 1.54) is 57.8 Å². The zero-order chi connectivity index (χ0) is 13.5. The fourth-order valence-electron chi connectivity index (χ4n) is 2.51. The van der Waals surface area contributed by atoms with E-state index in [0.717, 1.165) is 11.8 Å². The summed E-state index contributed by atoms with van der Waals surface area (Å²) in [5.74, 6) is 2.01. The van der Waals surface area contributed by atoms with Gasteiger partial charge in [-0.2, -0.15) is 0 Å². The summed E-state index contributed by atoms with van der Waals surface area (Å²) < 4.78 is 0. The van der Waals surface area contributed by atoms with E-state index < -0.39 is 0 Å². The molecule has 2 saturated carbocycles. The molecular weight excluding hydrogens is 216 g/mol. The Bertz CT molecular complexity index is 97.6. The molecule has 2 rings (SSSR count). The lowest BCUT2D eigenvalue weighted by Crippen LogP contribution is -2.01. The van der Waals surface area contributed by atoms with Crippen molar-refractivity contribution >= 4 is 0 Å². The van der Waals surface area contributed by atoms with Crippen LogP contribution >= 0.6 is 0 Å². The molecule has 0 aromatic rings. The van der Waals surface area contributed by atoms with Gasteiger partial charge in [0.1, 0.15) is 0 Å². The quantitative estimate of drug-likeness (QED) is 0.457. The number of hydrogen-bond acceptors (Lipinski definition) is 0. The maximum Gasteiger partial charge on any atom is -0.0391 e. The van der Waals surface area contributed by atoms with Crippen LogP contribution in [-0.4, -0.2) is 0 Å². The van der Waals surface area contributed by atoms with Gasteiger partial charge in [-0.1, -0.05) is 107 Å². The lowest BCUT2D eigenvalue weighted by Gasteiger charge is -2.11. The summed E-state index contributed by atoms with van der Waals surface area (Å²) in [5, 5.41) is 0. The highest BCUT2D eigenvalue weighted by molar-refractivity contribution is 4.69. The van der Waals surface area contributed by atoms with Gasteiger partial charge in [-0.3, -0.25) is 0 Å². The van der Waals surface area contributed by atoms with Crippen LogP contribution < -0.4 is 0 Å². The second-order valence-electron chi connectivity index (χ2n) is 5.06. The lowest BCUT2D eigenvalue weighted by atomic mass is 9.95. The topological polar surface area (TPSA) is 0 Å². The van der Waals surface area contributed by atoms with Crippen LogP contribution in [-0.2, 0) is 0 Å². The highest BCUT2D eigenvalue weighted by atomic mass is 14.2. The Morgan fingerprint density at radius 2 is 0.889 bits per heavy atom. The maximum atomic E-state index is 2.34. The molecule has 0 saturated heterocycles. The average molecular weight is 259 g/mol. The molecule has 0 aromatic carbocycles. The Morgan fingerprint density at radius 1 is 0.611 bits per heavy atom. The van der Waals surface area contributed by atoms with Gasteiger partial charge in [0, 0.05) is 0 Å². The summed E-state index contributed by atoms with van der Waals surface area (Å²) in [6, 6.07) is 0. The van der Waals surface area contributed by atoms with E-state index in [1.54, 1.807) is 0 Å². The highest BCUT2D eigenvalue weighted by Gasteiger charge is 2.17. The molecule has 0 atom stereocenters. The van der Waals surface area contributed by atoms with Gasteiger partial charge >= 0.3 is 0 Å². The Balaban J connectivity index is -0.000000196. The molecule has 0 aliphatic heterocycles. The van der Waals surface area contributed by atoms with Crippen molar-refractivity contribution in [1.82, 2.24) is 0 Å². The Hall–Kier alpha value is 0. The molecule has 2 fully saturated rings. The normalized spacial score (nSPS) is 17.5. The fraction of sp³-hybridized carbons (Fsp3) is 1.00. The SMILES string of the molecule is C.C1CCCC1.CC.CC.CC(C)C1CCCC1. The van der Waals surface area contributed by atoms with Gasteiger partial charge in [-0.05, 0) is 11.8 Å². The van der Waals surface area contributed by atoms with Crippen molar-refractivity contribution in [2.45, 2.75) is 107 Å². The first-order valence-electron chi connectivity index (χ1n) is 8.30. The van der Waals surface area contributed by atoms with E-state index in [9.17, 15) is 0 Å². The van der Waals surface area contributed by atoms with Gasteiger partial charge in [0.25, 0.3) is 0 Å². The molecule has 0 nitrogen and oxygen atoms in total. The van der Waals surface area contributed by atoms with Crippen LogP contribution in [0.1, 0.15) is 107 Å². The molecule has 0 amide bonds. The smallest absolute Gasteiger partial charge is 0.0391 e. The molecule has 0 spiro atoms. The Labute approximate surface area is 119 Å². The summed E-state index contributed by atoms with van der Waals surface area (Å²) in [4.78, 5) is 0. The van der Waals surface area contributed by atoms with Crippen molar-refractivity contribution in [2.24, 2.45) is 11.8 Å². The van der Waals surface area contributed by atoms with E-state index in [2.05, 4.69) is 13.8 Å². The summed E-state index contributed by atoms with van der Waals surface area (Å²) >= 11 is 0. The van der Waals surface area contributed by atoms with Gasteiger partial charge < -0.3 is 0 Å². The third-order valence-corrected chi connectivity index (χ3v) is 3.59. The van der Waals surface area contributed by atoms with Gasteiger partial charge in [-0.15, -0.1) is 0 Å². The zero-order valence-electron chi connectivity index (χ0n) is 13.5. The van der Waals surface area contributed by atoms with E-state index in [0.29, 0.717) is 0 Å². The third-order valence-electron chi connectivity index (χ3n) is 3.59. The van der Waals surface area contributed by atoms with Crippen LogP contribution in [0.2, 0.25) is 0 Å². The molecule has 0 bridgehead atoms. The van der Waals surface area contributed by atoms with Crippen LogP contribution in [0.25, 0.3) is 0 Å². The van der Waals surface area contributed by atoms with Gasteiger partial charge in [0.15, 0.2) is 0 Å². The molecule has 0 unspecified atom stereocenters. The molecule has 2 aliphatic carbocycles. The largest absolute Gasteiger partial charge is 0.0776 e. The Morgan fingerprint density at radius 3 is 1.06 bits per heavy atom. The Kier molecular flexibility index (Phi) is 24.8. The minimum atomic E-state index is 0. The molecule has 0 N–H and O–H groups in total. The predicted molar refractivity (Wildman–Crippen MR) is 89.3 cm³/mol. The van der Waals surface area contributed by atoms with E-state index in [1.807, 2.05) is 27.7 Å². The van der Waals surface area contributed by atoms with Gasteiger partial charge in [0.2, 0.25) is 0 Å². The van der Waals surface area contributed by atoms with Crippen LogP contribution in [0.4, 0.5) is 0 Å². The first kappa shape index (κ1) is 23.1. The molecule has 0 heterocycles. The van der Waals surface area contributed by atoms with Crippen molar-refractivity contribution in [3.8, 4) is 0 Å². The maximum absolute atomic E-state index is 2.34. The van der Waals surface area contributed by atoms with Crippen LogP contribution in [0, 0.1) is 11.8 Å². The number of rotatable bonds is 1. The molecule has 18 heavy (non-hydrogen) atoms. The van der Waals surface area contributed by atoms with E-state index in [-0.39, 0.29) is 7.43 Å².